The molecule has 0 bridgehead atoms. The van der Waals surface area contributed by atoms with Gasteiger partial charge in [-0.3, -0.25) is 4.79 Å². The monoisotopic (exact) mass is 188 g/mol. The highest BCUT2D eigenvalue weighted by atomic mass is 16.1. The third-order valence-corrected chi connectivity index (χ3v) is 3.34. The summed E-state index contributed by atoms with van der Waals surface area (Å²) in [5.74, 6) is 0.332. The minimum absolute atomic E-state index is 0.105. The number of ketones is 1. The van der Waals surface area contributed by atoms with Crippen LogP contribution in [0.3, 0.4) is 0 Å². The third kappa shape index (κ3) is 1.28. The summed E-state index contributed by atoms with van der Waals surface area (Å²) in [5, 5.41) is 0. The topological polar surface area (TPSA) is 17.1 Å². The van der Waals surface area contributed by atoms with Crippen molar-refractivity contribution >= 4 is 5.78 Å². The number of rotatable bonds is 3. The minimum Gasteiger partial charge on any atom is -0.299 e. The summed E-state index contributed by atoms with van der Waals surface area (Å²) in [4.78, 5) is 11.6. The molecule has 0 aromatic heterocycles. The fourth-order valence-electron chi connectivity index (χ4n) is 2.23. The molecule has 1 aliphatic rings. The lowest BCUT2D eigenvalue weighted by molar-refractivity contribution is -0.119. The number of hydrogen-bond acceptors (Lipinski definition) is 1. The molecule has 1 aromatic carbocycles. The first-order valence-corrected chi connectivity index (χ1v) is 5.30. The predicted octanol–water partition coefficient (Wildman–Crippen LogP) is 2.87. The largest absolute Gasteiger partial charge is 0.299 e. The van der Waals surface area contributed by atoms with Crippen molar-refractivity contribution in [3.63, 3.8) is 0 Å². The van der Waals surface area contributed by atoms with Gasteiger partial charge in [-0.15, -0.1) is 0 Å². The van der Waals surface area contributed by atoms with E-state index in [4.69, 9.17) is 0 Å². The maximum absolute atomic E-state index is 11.6. The van der Waals surface area contributed by atoms with Crippen LogP contribution in [0.15, 0.2) is 24.3 Å². The molecular weight excluding hydrogens is 172 g/mol. The summed E-state index contributed by atoms with van der Waals surface area (Å²) in [7, 11) is 0. The summed E-state index contributed by atoms with van der Waals surface area (Å²) in [6.45, 7) is 3.87. The van der Waals surface area contributed by atoms with Crippen LogP contribution in [0.5, 0.6) is 0 Å². The molecule has 0 amide bonds. The Labute approximate surface area is 85.1 Å². The fourth-order valence-corrected chi connectivity index (χ4v) is 2.23. The highest BCUT2D eigenvalue weighted by Crippen LogP contribution is 2.50. The molecule has 14 heavy (non-hydrogen) atoms. The number of carbonyl (C=O) groups is 1. The first-order chi connectivity index (χ1) is 6.70. The molecular formula is C13H16O. The Balaban J connectivity index is 2.46. The van der Waals surface area contributed by atoms with Crippen LogP contribution in [-0.4, -0.2) is 5.78 Å². The molecule has 0 heterocycles. The molecule has 0 saturated heterocycles. The summed E-state index contributed by atoms with van der Waals surface area (Å²) in [5.41, 5.74) is 2.50. The van der Waals surface area contributed by atoms with Crippen molar-refractivity contribution in [3.05, 3.63) is 35.4 Å². The van der Waals surface area contributed by atoms with Crippen LogP contribution < -0.4 is 0 Å². The van der Waals surface area contributed by atoms with Gasteiger partial charge in [-0.1, -0.05) is 31.2 Å². The highest BCUT2D eigenvalue weighted by Gasteiger charge is 2.49. The predicted molar refractivity (Wildman–Crippen MR) is 57.4 cm³/mol. The van der Waals surface area contributed by atoms with Gasteiger partial charge < -0.3 is 0 Å². The van der Waals surface area contributed by atoms with Crippen molar-refractivity contribution in [1.29, 1.82) is 0 Å². The summed E-state index contributed by atoms with van der Waals surface area (Å²) in [6, 6.07) is 8.35. The Morgan fingerprint density at radius 1 is 1.36 bits per heavy atom. The van der Waals surface area contributed by atoms with E-state index < -0.39 is 0 Å². The van der Waals surface area contributed by atoms with Gasteiger partial charge >= 0.3 is 0 Å². The van der Waals surface area contributed by atoms with Gasteiger partial charge in [0.15, 0.2) is 0 Å². The Bertz CT molecular complexity index is 361. The molecule has 1 aliphatic carbocycles. The highest BCUT2D eigenvalue weighted by molar-refractivity contribution is 5.91. The van der Waals surface area contributed by atoms with Gasteiger partial charge in [0.05, 0.1) is 5.41 Å². The van der Waals surface area contributed by atoms with Crippen molar-refractivity contribution in [2.75, 3.05) is 0 Å². The quantitative estimate of drug-likeness (QED) is 0.712. The average molecular weight is 188 g/mol. The lowest BCUT2D eigenvalue weighted by Gasteiger charge is -2.15. The SMILES string of the molecule is CCc1ccccc1C1(C(C)=O)CC1. The average Bonchev–Trinajstić information content (AvgIpc) is 2.98. The number of aryl methyl sites for hydroxylation is 1. The molecule has 2 rings (SSSR count). The van der Waals surface area contributed by atoms with Crippen molar-refractivity contribution < 1.29 is 4.79 Å². The van der Waals surface area contributed by atoms with E-state index in [9.17, 15) is 4.79 Å². The Hall–Kier alpha value is -1.11. The van der Waals surface area contributed by atoms with Gasteiger partial charge in [-0.25, -0.2) is 0 Å². The summed E-state index contributed by atoms with van der Waals surface area (Å²) >= 11 is 0. The van der Waals surface area contributed by atoms with Gasteiger partial charge in [-0.05, 0) is 37.3 Å². The zero-order valence-electron chi connectivity index (χ0n) is 8.84. The Morgan fingerprint density at radius 3 is 2.50 bits per heavy atom. The molecule has 1 aromatic rings. The molecule has 1 saturated carbocycles. The van der Waals surface area contributed by atoms with Crippen LogP contribution in [0.25, 0.3) is 0 Å². The first kappa shape index (κ1) is 9.45. The number of hydrogen-bond donors (Lipinski definition) is 0. The first-order valence-electron chi connectivity index (χ1n) is 5.30. The number of benzene rings is 1. The minimum atomic E-state index is -0.105. The van der Waals surface area contributed by atoms with Gasteiger partial charge in [0.1, 0.15) is 5.78 Å². The van der Waals surface area contributed by atoms with E-state index in [-0.39, 0.29) is 5.41 Å². The molecule has 1 fully saturated rings. The van der Waals surface area contributed by atoms with E-state index in [1.807, 2.05) is 6.07 Å². The lowest BCUT2D eigenvalue weighted by atomic mass is 9.87. The van der Waals surface area contributed by atoms with Crippen LogP contribution >= 0.6 is 0 Å². The smallest absolute Gasteiger partial charge is 0.140 e. The lowest BCUT2D eigenvalue weighted by Crippen LogP contribution is -2.18. The van der Waals surface area contributed by atoms with Crippen LogP contribution in [-0.2, 0) is 16.6 Å². The number of Topliss-reactive ketones (excluding diaryl/α,β-unsaturated/α-hetero) is 1. The van der Waals surface area contributed by atoms with Gasteiger partial charge in [0.25, 0.3) is 0 Å². The Morgan fingerprint density at radius 2 is 2.00 bits per heavy atom. The van der Waals surface area contributed by atoms with Crippen molar-refractivity contribution in [3.8, 4) is 0 Å². The fraction of sp³-hybridized carbons (Fsp3) is 0.462. The zero-order chi connectivity index (χ0) is 10.2. The second kappa shape index (κ2) is 3.23. The Kier molecular flexibility index (Phi) is 2.18. The van der Waals surface area contributed by atoms with E-state index in [2.05, 4.69) is 25.1 Å². The normalized spacial score (nSPS) is 17.9. The van der Waals surface area contributed by atoms with Crippen LogP contribution in [0.1, 0.15) is 37.8 Å². The van der Waals surface area contributed by atoms with Crippen molar-refractivity contribution in [2.24, 2.45) is 0 Å². The molecule has 1 nitrogen and oxygen atoms in total. The standard InChI is InChI=1S/C13H16O/c1-3-11-6-4-5-7-12(11)13(8-9-13)10(2)14/h4-7H,3,8-9H2,1-2H3. The van der Waals surface area contributed by atoms with E-state index in [1.54, 1.807) is 6.92 Å². The van der Waals surface area contributed by atoms with E-state index in [0.29, 0.717) is 5.78 Å². The molecule has 74 valence electrons. The van der Waals surface area contributed by atoms with Crippen molar-refractivity contribution in [2.45, 2.75) is 38.5 Å². The van der Waals surface area contributed by atoms with E-state index in [0.717, 1.165) is 19.3 Å². The molecule has 0 spiro atoms. The number of carbonyl (C=O) groups excluding carboxylic acids is 1. The van der Waals surface area contributed by atoms with Gasteiger partial charge in [0.2, 0.25) is 0 Å². The van der Waals surface area contributed by atoms with Crippen molar-refractivity contribution in [1.82, 2.24) is 0 Å². The molecule has 0 radical (unpaired) electrons. The van der Waals surface area contributed by atoms with Gasteiger partial charge in [-0.2, -0.15) is 0 Å². The molecule has 1 heteroatoms. The molecule has 0 unspecified atom stereocenters. The third-order valence-electron chi connectivity index (χ3n) is 3.34. The second-order valence-corrected chi connectivity index (χ2v) is 4.15. The maximum atomic E-state index is 11.6. The van der Waals surface area contributed by atoms with Gasteiger partial charge in [0, 0.05) is 0 Å². The van der Waals surface area contributed by atoms with Crippen LogP contribution in [0, 0.1) is 0 Å². The maximum Gasteiger partial charge on any atom is 0.140 e. The summed E-state index contributed by atoms with van der Waals surface area (Å²) in [6.07, 6.45) is 3.10. The van der Waals surface area contributed by atoms with Crippen LogP contribution in [0.4, 0.5) is 0 Å². The second-order valence-electron chi connectivity index (χ2n) is 4.15. The van der Waals surface area contributed by atoms with Crippen LogP contribution in [0.2, 0.25) is 0 Å². The molecule has 0 aliphatic heterocycles. The van der Waals surface area contributed by atoms with E-state index in [1.165, 1.54) is 11.1 Å². The molecule has 0 atom stereocenters. The van der Waals surface area contributed by atoms with E-state index >= 15 is 0 Å². The zero-order valence-corrected chi connectivity index (χ0v) is 8.84. The summed E-state index contributed by atoms with van der Waals surface area (Å²) < 4.78 is 0. The molecule has 0 N–H and O–H groups in total.